The summed E-state index contributed by atoms with van der Waals surface area (Å²) in [5.41, 5.74) is 2.02. The van der Waals surface area contributed by atoms with E-state index in [0.717, 1.165) is 5.56 Å². The summed E-state index contributed by atoms with van der Waals surface area (Å²) >= 11 is 0. The summed E-state index contributed by atoms with van der Waals surface area (Å²) in [6.07, 6.45) is 1.52. The Kier molecular flexibility index (Phi) is 4.65. The van der Waals surface area contributed by atoms with Crippen LogP contribution in [0, 0.1) is 5.82 Å². The van der Waals surface area contributed by atoms with Gasteiger partial charge in [0.25, 0.3) is 5.91 Å². The highest BCUT2D eigenvalue weighted by molar-refractivity contribution is 5.91. The van der Waals surface area contributed by atoms with Gasteiger partial charge in [0.1, 0.15) is 5.82 Å². The zero-order valence-corrected chi connectivity index (χ0v) is 13.2. The molecule has 1 heterocycles. The van der Waals surface area contributed by atoms with Crippen LogP contribution in [0.5, 0.6) is 0 Å². The molecule has 1 unspecified atom stereocenters. The predicted molar refractivity (Wildman–Crippen MR) is 88.5 cm³/mol. The molecule has 24 heavy (non-hydrogen) atoms. The zero-order chi connectivity index (χ0) is 16.9. The van der Waals surface area contributed by atoms with Crippen molar-refractivity contribution in [1.29, 1.82) is 0 Å². The molecular formula is C18H17FN4O. The molecule has 1 aromatic heterocycles. The first-order valence-corrected chi connectivity index (χ1v) is 7.65. The maximum absolute atomic E-state index is 12.9. The number of nitrogens with zero attached hydrogens (tertiary/aromatic N) is 3. The van der Waals surface area contributed by atoms with E-state index in [2.05, 4.69) is 15.6 Å². The molecule has 2 aromatic carbocycles. The van der Waals surface area contributed by atoms with Gasteiger partial charge in [-0.2, -0.15) is 0 Å². The molecule has 0 aliphatic rings. The number of amides is 1. The topological polar surface area (TPSA) is 59.8 Å². The summed E-state index contributed by atoms with van der Waals surface area (Å²) in [5.74, 6) is -0.417. The second-order valence-electron chi connectivity index (χ2n) is 5.55. The molecule has 6 heteroatoms. The van der Waals surface area contributed by atoms with Gasteiger partial charge in [0.15, 0.2) is 5.69 Å². The Balaban J connectivity index is 1.63. The van der Waals surface area contributed by atoms with E-state index in [9.17, 15) is 9.18 Å². The van der Waals surface area contributed by atoms with Crippen molar-refractivity contribution in [2.45, 2.75) is 12.8 Å². The quantitative estimate of drug-likeness (QED) is 0.785. The number of carbonyl (C=O) groups excluding carboxylic acids is 1. The fraction of sp³-hybridized carbons (Fsp3) is 0.167. The monoisotopic (exact) mass is 324 g/mol. The Morgan fingerprint density at radius 3 is 2.58 bits per heavy atom. The molecule has 0 radical (unpaired) electrons. The third kappa shape index (κ3) is 3.65. The lowest BCUT2D eigenvalue weighted by Crippen LogP contribution is -2.27. The van der Waals surface area contributed by atoms with Gasteiger partial charge in [-0.25, -0.2) is 9.07 Å². The molecule has 0 fully saturated rings. The van der Waals surface area contributed by atoms with Crippen molar-refractivity contribution < 1.29 is 9.18 Å². The number of hydrogen-bond acceptors (Lipinski definition) is 3. The van der Waals surface area contributed by atoms with E-state index in [1.54, 1.807) is 12.1 Å². The van der Waals surface area contributed by atoms with E-state index in [4.69, 9.17) is 0 Å². The normalized spacial score (nSPS) is 11.9. The fourth-order valence-electron chi connectivity index (χ4n) is 2.32. The minimum Gasteiger partial charge on any atom is -0.350 e. The van der Waals surface area contributed by atoms with Crippen molar-refractivity contribution >= 4 is 5.91 Å². The van der Waals surface area contributed by atoms with Crippen LogP contribution in [-0.4, -0.2) is 27.4 Å². The molecule has 1 N–H and O–H groups in total. The fourth-order valence-corrected chi connectivity index (χ4v) is 2.32. The summed E-state index contributed by atoms with van der Waals surface area (Å²) < 4.78 is 14.4. The highest BCUT2D eigenvalue weighted by Gasteiger charge is 2.13. The first-order chi connectivity index (χ1) is 11.6. The van der Waals surface area contributed by atoms with Crippen LogP contribution < -0.4 is 5.32 Å². The lowest BCUT2D eigenvalue weighted by molar-refractivity contribution is 0.0946. The van der Waals surface area contributed by atoms with Crippen LogP contribution in [0.15, 0.2) is 60.8 Å². The van der Waals surface area contributed by atoms with Crippen LogP contribution in [0.4, 0.5) is 4.39 Å². The lowest BCUT2D eigenvalue weighted by Gasteiger charge is -2.12. The van der Waals surface area contributed by atoms with Crippen molar-refractivity contribution in [2.24, 2.45) is 0 Å². The molecule has 0 saturated carbocycles. The first kappa shape index (κ1) is 15.9. The minimum atomic E-state index is -0.327. The maximum Gasteiger partial charge on any atom is 0.273 e. The van der Waals surface area contributed by atoms with Gasteiger partial charge >= 0.3 is 0 Å². The van der Waals surface area contributed by atoms with E-state index in [-0.39, 0.29) is 23.3 Å². The molecule has 122 valence electrons. The number of hydrogen-bond donors (Lipinski definition) is 1. The predicted octanol–water partition coefficient (Wildman–Crippen LogP) is 2.94. The molecule has 0 aliphatic carbocycles. The maximum atomic E-state index is 12.9. The van der Waals surface area contributed by atoms with Crippen LogP contribution in [0.3, 0.4) is 0 Å². The standard InChI is InChI=1S/C18H17FN4O/c1-13(14-5-3-2-4-6-14)11-20-18(24)17-12-23(22-21-17)16-9-7-15(19)8-10-16/h2-10,12-13H,11H2,1H3,(H,20,24). The minimum absolute atomic E-state index is 0.197. The highest BCUT2D eigenvalue weighted by Crippen LogP contribution is 2.13. The Labute approximate surface area is 139 Å². The molecule has 5 nitrogen and oxygen atoms in total. The van der Waals surface area contributed by atoms with E-state index in [1.807, 2.05) is 37.3 Å². The summed E-state index contributed by atoms with van der Waals surface area (Å²) in [7, 11) is 0. The van der Waals surface area contributed by atoms with Gasteiger partial charge in [-0.1, -0.05) is 42.5 Å². The van der Waals surface area contributed by atoms with Gasteiger partial charge in [-0.3, -0.25) is 4.79 Å². The van der Waals surface area contributed by atoms with E-state index in [1.165, 1.54) is 23.0 Å². The second-order valence-corrected chi connectivity index (χ2v) is 5.55. The number of aromatic nitrogens is 3. The molecule has 3 aromatic rings. The summed E-state index contributed by atoms with van der Waals surface area (Å²) in [5, 5.41) is 10.6. The number of carbonyl (C=O) groups is 1. The zero-order valence-electron chi connectivity index (χ0n) is 13.2. The van der Waals surface area contributed by atoms with Gasteiger partial charge in [0, 0.05) is 6.54 Å². The molecule has 3 rings (SSSR count). The third-order valence-electron chi connectivity index (χ3n) is 3.75. The van der Waals surface area contributed by atoms with Gasteiger partial charge in [0.05, 0.1) is 11.9 Å². The molecular weight excluding hydrogens is 307 g/mol. The number of halogens is 1. The molecule has 0 aliphatic heterocycles. The van der Waals surface area contributed by atoms with E-state index in [0.29, 0.717) is 12.2 Å². The third-order valence-corrected chi connectivity index (χ3v) is 3.75. The second kappa shape index (κ2) is 7.04. The Hall–Kier alpha value is -3.02. The summed E-state index contributed by atoms with van der Waals surface area (Å²) in [6.45, 7) is 2.55. The highest BCUT2D eigenvalue weighted by atomic mass is 19.1. The van der Waals surface area contributed by atoms with Crippen molar-refractivity contribution in [2.75, 3.05) is 6.54 Å². The Bertz CT molecular complexity index is 815. The van der Waals surface area contributed by atoms with Crippen LogP contribution in [0.2, 0.25) is 0 Å². The first-order valence-electron chi connectivity index (χ1n) is 7.65. The van der Waals surface area contributed by atoms with Gasteiger partial charge in [-0.15, -0.1) is 5.10 Å². The van der Waals surface area contributed by atoms with Crippen LogP contribution in [0.25, 0.3) is 5.69 Å². The number of benzene rings is 2. The van der Waals surface area contributed by atoms with Gasteiger partial charge in [0.2, 0.25) is 0 Å². The largest absolute Gasteiger partial charge is 0.350 e. The van der Waals surface area contributed by atoms with Gasteiger partial charge < -0.3 is 5.32 Å². The van der Waals surface area contributed by atoms with Crippen molar-refractivity contribution in [3.63, 3.8) is 0 Å². The Morgan fingerprint density at radius 1 is 1.17 bits per heavy atom. The van der Waals surface area contributed by atoms with Crippen LogP contribution >= 0.6 is 0 Å². The van der Waals surface area contributed by atoms with Crippen LogP contribution in [-0.2, 0) is 0 Å². The van der Waals surface area contributed by atoms with Gasteiger partial charge in [-0.05, 0) is 35.7 Å². The van der Waals surface area contributed by atoms with Crippen molar-refractivity contribution in [1.82, 2.24) is 20.3 Å². The molecule has 0 bridgehead atoms. The SMILES string of the molecule is CC(CNC(=O)c1cn(-c2ccc(F)cc2)nn1)c1ccccc1. The smallest absolute Gasteiger partial charge is 0.273 e. The summed E-state index contributed by atoms with van der Waals surface area (Å²) in [4.78, 5) is 12.2. The van der Waals surface area contributed by atoms with E-state index >= 15 is 0 Å². The van der Waals surface area contributed by atoms with Crippen molar-refractivity contribution in [3.05, 3.63) is 77.9 Å². The number of nitrogens with one attached hydrogen (secondary N) is 1. The molecule has 0 spiro atoms. The van der Waals surface area contributed by atoms with E-state index < -0.39 is 0 Å². The average molecular weight is 324 g/mol. The average Bonchev–Trinajstić information content (AvgIpc) is 3.11. The van der Waals surface area contributed by atoms with Crippen molar-refractivity contribution in [3.8, 4) is 5.69 Å². The van der Waals surface area contributed by atoms with Crippen LogP contribution in [0.1, 0.15) is 28.9 Å². The summed E-state index contributed by atoms with van der Waals surface area (Å²) in [6, 6.07) is 15.8. The molecule has 0 saturated heterocycles. The molecule has 1 amide bonds. The molecule has 1 atom stereocenters. The number of rotatable bonds is 5. The lowest BCUT2D eigenvalue weighted by atomic mass is 10.0. The Morgan fingerprint density at radius 2 is 1.88 bits per heavy atom.